The van der Waals surface area contributed by atoms with E-state index in [1.54, 1.807) is 0 Å². The van der Waals surface area contributed by atoms with E-state index in [9.17, 15) is 4.79 Å². The molecule has 52 valence electrons. The molecular formula is C8H14O. The zero-order valence-electron chi connectivity index (χ0n) is 6.35. The molecule has 0 amide bonds. The van der Waals surface area contributed by atoms with Crippen molar-refractivity contribution in [1.29, 1.82) is 0 Å². The largest absolute Gasteiger partial charge is 0.303 e. The Kier molecular flexibility index (Phi) is 1.38. The molecule has 0 heterocycles. The molecule has 1 aliphatic rings. The number of aldehydes is 1. The average Bonchev–Trinajstić information content (AvgIpc) is 2.47. The van der Waals surface area contributed by atoms with Crippen LogP contribution in [0.4, 0.5) is 0 Å². The lowest BCUT2D eigenvalue weighted by atomic mass is 9.88. The number of carbonyl (C=O) groups is 1. The zero-order valence-corrected chi connectivity index (χ0v) is 6.35. The van der Waals surface area contributed by atoms with Crippen molar-refractivity contribution in [1.82, 2.24) is 0 Å². The molecule has 0 aliphatic heterocycles. The minimum atomic E-state index is -0.0561. The van der Waals surface area contributed by atoms with Gasteiger partial charge in [-0.25, -0.2) is 0 Å². The molecule has 0 N–H and O–H groups in total. The highest BCUT2D eigenvalue weighted by Gasteiger charge is 2.44. The first-order valence-electron chi connectivity index (χ1n) is 3.54. The first-order chi connectivity index (χ1) is 4.08. The van der Waals surface area contributed by atoms with Crippen molar-refractivity contribution in [2.24, 2.45) is 17.3 Å². The fourth-order valence-corrected chi connectivity index (χ4v) is 1.45. The third kappa shape index (κ3) is 1.15. The fourth-order valence-electron chi connectivity index (χ4n) is 1.45. The topological polar surface area (TPSA) is 17.1 Å². The Morgan fingerprint density at radius 1 is 1.56 bits per heavy atom. The van der Waals surface area contributed by atoms with Crippen molar-refractivity contribution in [2.75, 3.05) is 0 Å². The zero-order chi connectivity index (χ0) is 7.07. The minimum Gasteiger partial charge on any atom is -0.303 e. The van der Waals surface area contributed by atoms with Crippen LogP contribution in [-0.2, 0) is 4.79 Å². The molecule has 0 spiro atoms. The first-order valence-corrected chi connectivity index (χ1v) is 3.54. The second-order valence-corrected chi connectivity index (χ2v) is 3.76. The van der Waals surface area contributed by atoms with Crippen LogP contribution in [0.5, 0.6) is 0 Å². The second kappa shape index (κ2) is 1.83. The van der Waals surface area contributed by atoms with Crippen LogP contribution in [0.25, 0.3) is 0 Å². The Hall–Kier alpha value is -0.330. The van der Waals surface area contributed by atoms with Crippen molar-refractivity contribution < 1.29 is 4.79 Å². The van der Waals surface area contributed by atoms with Gasteiger partial charge in [-0.15, -0.1) is 0 Å². The van der Waals surface area contributed by atoms with Crippen LogP contribution < -0.4 is 0 Å². The molecule has 9 heavy (non-hydrogen) atoms. The van der Waals surface area contributed by atoms with Gasteiger partial charge in [-0.3, -0.25) is 0 Å². The number of hydrogen-bond donors (Lipinski definition) is 0. The second-order valence-electron chi connectivity index (χ2n) is 3.76. The summed E-state index contributed by atoms with van der Waals surface area (Å²) in [7, 11) is 0. The van der Waals surface area contributed by atoms with Crippen LogP contribution in [0.1, 0.15) is 27.2 Å². The summed E-state index contributed by atoms with van der Waals surface area (Å²) in [5.74, 6) is 1.44. The molecule has 0 saturated heterocycles. The Bertz CT molecular complexity index is 127. The quantitative estimate of drug-likeness (QED) is 0.516. The number of hydrogen-bond acceptors (Lipinski definition) is 1. The molecule has 0 bridgehead atoms. The van der Waals surface area contributed by atoms with E-state index in [1.165, 1.54) is 6.42 Å². The molecule has 1 rings (SSSR count). The van der Waals surface area contributed by atoms with Gasteiger partial charge < -0.3 is 4.79 Å². The SMILES string of the molecule is CC1CC1C(C)(C)C=O. The van der Waals surface area contributed by atoms with E-state index in [0.29, 0.717) is 5.92 Å². The van der Waals surface area contributed by atoms with Crippen molar-refractivity contribution >= 4 is 6.29 Å². The van der Waals surface area contributed by atoms with E-state index < -0.39 is 0 Å². The highest BCUT2D eigenvalue weighted by Crippen LogP contribution is 2.49. The Balaban J connectivity index is 2.51. The summed E-state index contributed by atoms with van der Waals surface area (Å²) in [4.78, 5) is 10.5. The van der Waals surface area contributed by atoms with Crippen molar-refractivity contribution in [3.63, 3.8) is 0 Å². The predicted octanol–water partition coefficient (Wildman–Crippen LogP) is 1.87. The summed E-state index contributed by atoms with van der Waals surface area (Å²) in [6, 6.07) is 0. The molecule has 1 nitrogen and oxygen atoms in total. The van der Waals surface area contributed by atoms with Crippen LogP contribution in [-0.4, -0.2) is 6.29 Å². The van der Waals surface area contributed by atoms with Crippen molar-refractivity contribution in [3.8, 4) is 0 Å². The maximum Gasteiger partial charge on any atom is 0.125 e. The molecule has 1 aliphatic carbocycles. The lowest BCUT2D eigenvalue weighted by Gasteiger charge is -2.14. The molecule has 0 aromatic carbocycles. The van der Waals surface area contributed by atoms with Gasteiger partial charge in [0.15, 0.2) is 0 Å². The third-order valence-corrected chi connectivity index (χ3v) is 2.37. The molecule has 1 heteroatoms. The Labute approximate surface area is 56.4 Å². The summed E-state index contributed by atoms with van der Waals surface area (Å²) in [5, 5.41) is 0. The van der Waals surface area contributed by atoms with Gasteiger partial charge >= 0.3 is 0 Å². The van der Waals surface area contributed by atoms with Crippen molar-refractivity contribution in [2.45, 2.75) is 27.2 Å². The highest BCUT2D eigenvalue weighted by molar-refractivity contribution is 5.59. The monoisotopic (exact) mass is 126 g/mol. The third-order valence-electron chi connectivity index (χ3n) is 2.37. The number of carbonyl (C=O) groups excluding carboxylic acids is 1. The summed E-state index contributed by atoms with van der Waals surface area (Å²) >= 11 is 0. The van der Waals surface area contributed by atoms with Gasteiger partial charge in [-0.05, 0) is 18.3 Å². The lowest BCUT2D eigenvalue weighted by Crippen LogP contribution is -2.16. The maximum atomic E-state index is 10.5. The van der Waals surface area contributed by atoms with E-state index in [-0.39, 0.29) is 5.41 Å². The maximum absolute atomic E-state index is 10.5. The molecular weight excluding hydrogens is 112 g/mol. The molecule has 0 radical (unpaired) electrons. The van der Waals surface area contributed by atoms with Crippen LogP contribution in [0.15, 0.2) is 0 Å². The van der Waals surface area contributed by atoms with Crippen LogP contribution >= 0.6 is 0 Å². The normalized spacial score (nSPS) is 34.1. The van der Waals surface area contributed by atoms with E-state index >= 15 is 0 Å². The van der Waals surface area contributed by atoms with E-state index in [0.717, 1.165) is 12.2 Å². The Morgan fingerprint density at radius 3 is 2.11 bits per heavy atom. The van der Waals surface area contributed by atoms with Gasteiger partial charge in [0, 0.05) is 5.41 Å². The molecule has 1 saturated carbocycles. The van der Waals surface area contributed by atoms with Crippen molar-refractivity contribution in [3.05, 3.63) is 0 Å². The lowest BCUT2D eigenvalue weighted by molar-refractivity contribution is -0.115. The van der Waals surface area contributed by atoms with Gasteiger partial charge in [0.2, 0.25) is 0 Å². The molecule has 2 unspecified atom stereocenters. The average molecular weight is 126 g/mol. The first kappa shape index (κ1) is 6.79. The Morgan fingerprint density at radius 2 is 2.00 bits per heavy atom. The van der Waals surface area contributed by atoms with Crippen LogP contribution in [0.3, 0.4) is 0 Å². The standard InChI is InChI=1S/C8H14O/c1-6-4-7(6)8(2,3)5-9/h5-7H,4H2,1-3H3. The van der Waals surface area contributed by atoms with Gasteiger partial charge in [0.1, 0.15) is 6.29 Å². The van der Waals surface area contributed by atoms with Crippen LogP contribution in [0.2, 0.25) is 0 Å². The van der Waals surface area contributed by atoms with Gasteiger partial charge in [0.05, 0.1) is 0 Å². The fraction of sp³-hybridized carbons (Fsp3) is 0.875. The summed E-state index contributed by atoms with van der Waals surface area (Å²) in [6.45, 7) is 6.25. The summed E-state index contributed by atoms with van der Waals surface area (Å²) in [6.07, 6.45) is 2.33. The highest BCUT2D eigenvalue weighted by atomic mass is 16.1. The molecule has 1 fully saturated rings. The molecule has 0 aromatic rings. The van der Waals surface area contributed by atoms with Gasteiger partial charge in [-0.2, -0.15) is 0 Å². The predicted molar refractivity (Wildman–Crippen MR) is 37.1 cm³/mol. The summed E-state index contributed by atoms with van der Waals surface area (Å²) < 4.78 is 0. The molecule has 0 aromatic heterocycles. The van der Waals surface area contributed by atoms with E-state index in [1.807, 2.05) is 13.8 Å². The van der Waals surface area contributed by atoms with Crippen LogP contribution in [0, 0.1) is 17.3 Å². The van der Waals surface area contributed by atoms with E-state index in [4.69, 9.17) is 0 Å². The van der Waals surface area contributed by atoms with Gasteiger partial charge in [-0.1, -0.05) is 20.8 Å². The van der Waals surface area contributed by atoms with E-state index in [2.05, 4.69) is 6.92 Å². The molecule has 2 atom stereocenters. The summed E-state index contributed by atoms with van der Waals surface area (Å²) in [5.41, 5.74) is -0.0561. The van der Waals surface area contributed by atoms with Gasteiger partial charge in [0.25, 0.3) is 0 Å². The smallest absolute Gasteiger partial charge is 0.125 e. The minimum absolute atomic E-state index is 0.0561. The number of rotatable bonds is 2.